The van der Waals surface area contributed by atoms with Crippen molar-refractivity contribution in [1.29, 1.82) is 0 Å². The van der Waals surface area contributed by atoms with Gasteiger partial charge in [0, 0.05) is 51.4 Å². The fraction of sp³-hybridized carbons (Fsp3) is 0.545. The quantitative estimate of drug-likeness (QED) is 0.664. The minimum absolute atomic E-state index is 0.463. The fourth-order valence-electron chi connectivity index (χ4n) is 3.85. The molecule has 162 valence electrons. The number of rotatable bonds is 7. The SMILES string of the molecule is c1ncc(N2CCCNCC2)cc1OCCOc1cncc(N2CCCNCC2)c1. The number of nitrogens with one attached hydrogen (secondary N) is 2. The number of nitrogens with zero attached hydrogens (tertiary/aromatic N) is 4. The molecule has 2 fully saturated rings. The van der Waals surface area contributed by atoms with E-state index < -0.39 is 0 Å². The first-order valence-corrected chi connectivity index (χ1v) is 11.0. The number of anilines is 2. The molecule has 2 aliphatic heterocycles. The number of aromatic nitrogens is 2. The summed E-state index contributed by atoms with van der Waals surface area (Å²) in [6.45, 7) is 9.13. The first-order chi connectivity index (χ1) is 14.9. The van der Waals surface area contributed by atoms with E-state index in [2.05, 4.69) is 42.5 Å². The monoisotopic (exact) mass is 412 g/mol. The predicted octanol–water partition coefficient (Wildman–Crippen LogP) is 1.53. The first kappa shape index (κ1) is 20.7. The molecule has 8 heteroatoms. The van der Waals surface area contributed by atoms with Crippen LogP contribution < -0.4 is 29.9 Å². The number of hydrogen-bond acceptors (Lipinski definition) is 8. The van der Waals surface area contributed by atoms with Crippen LogP contribution in [-0.4, -0.2) is 75.5 Å². The zero-order chi connectivity index (χ0) is 20.4. The molecule has 8 nitrogen and oxygen atoms in total. The van der Waals surface area contributed by atoms with E-state index in [0.717, 1.165) is 88.1 Å². The van der Waals surface area contributed by atoms with Crippen LogP contribution in [0.1, 0.15) is 12.8 Å². The van der Waals surface area contributed by atoms with Gasteiger partial charge in [-0.2, -0.15) is 0 Å². The van der Waals surface area contributed by atoms with E-state index >= 15 is 0 Å². The van der Waals surface area contributed by atoms with Crippen molar-refractivity contribution in [3.8, 4) is 11.5 Å². The second-order valence-electron chi connectivity index (χ2n) is 7.64. The van der Waals surface area contributed by atoms with E-state index in [0.29, 0.717) is 13.2 Å². The van der Waals surface area contributed by atoms with Crippen molar-refractivity contribution in [1.82, 2.24) is 20.6 Å². The molecule has 2 aliphatic rings. The van der Waals surface area contributed by atoms with E-state index in [9.17, 15) is 0 Å². The second kappa shape index (κ2) is 11.0. The molecule has 4 heterocycles. The van der Waals surface area contributed by atoms with Crippen LogP contribution in [0.2, 0.25) is 0 Å². The van der Waals surface area contributed by atoms with Gasteiger partial charge in [0.15, 0.2) is 0 Å². The summed E-state index contributed by atoms with van der Waals surface area (Å²) in [5, 5.41) is 6.85. The lowest BCUT2D eigenvalue weighted by Gasteiger charge is -2.22. The van der Waals surface area contributed by atoms with Crippen molar-refractivity contribution in [2.45, 2.75) is 12.8 Å². The van der Waals surface area contributed by atoms with Gasteiger partial charge >= 0.3 is 0 Å². The lowest BCUT2D eigenvalue weighted by Crippen LogP contribution is -2.28. The molecule has 0 bridgehead atoms. The van der Waals surface area contributed by atoms with Crippen LogP contribution in [0, 0.1) is 0 Å². The summed E-state index contributed by atoms with van der Waals surface area (Å²) in [6.07, 6.45) is 9.61. The second-order valence-corrected chi connectivity index (χ2v) is 7.64. The summed E-state index contributed by atoms with van der Waals surface area (Å²) in [5.41, 5.74) is 2.22. The minimum Gasteiger partial charge on any atom is -0.488 e. The van der Waals surface area contributed by atoms with Crippen LogP contribution in [-0.2, 0) is 0 Å². The Morgan fingerprint density at radius 2 is 1.17 bits per heavy atom. The van der Waals surface area contributed by atoms with E-state index in [4.69, 9.17) is 9.47 Å². The molecular formula is C22H32N6O2. The minimum atomic E-state index is 0.463. The van der Waals surface area contributed by atoms with Gasteiger partial charge in [0.2, 0.25) is 0 Å². The van der Waals surface area contributed by atoms with E-state index in [1.54, 1.807) is 12.4 Å². The largest absolute Gasteiger partial charge is 0.488 e. The van der Waals surface area contributed by atoms with Crippen LogP contribution in [0.15, 0.2) is 36.9 Å². The normalized spacial score (nSPS) is 17.9. The summed E-state index contributed by atoms with van der Waals surface area (Å²) < 4.78 is 11.8. The molecule has 0 amide bonds. The molecule has 2 aromatic rings. The van der Waals surface area contributed by atoms with Crippen molar-refractivity contribution in [3.05, 3.63) is 36.9 Å². The summed E-state index contributed by atoms with van der Waals surface area (Å²) in [7, 11) is 0. The maximum Gasteiger partial charge on any atom is 0.139 e. The van der Waals surface area contributed by atoms with E-state index in [1.165, 1.54) is 0 Å². The molecule has 0 unspecified atom stereocenters. The zero-order valence-electron chi connectivity index (χ0n) is 17.6. The molecule has 4 rings (SSSR count). The van der Waals surface area contributed by atoms with Gasteiger partial charge in [0.1, 0.15) is 24.7 Å². The summed E-state index contributed by atoms with van der Waals surface area (Å²) >= 11 is 0. The summed E-state index contributed by atoms with van der Waals surface area (Å²) in [5.74, 6) is 1.55. The molecule has 0 radical (unpaired) electrons. The molecule has 2 saturated heterocycles. The van der Waals surface area contributed by atoms with Crippen molar-refractivity contribution in [3.63, 3.8) is 0 Å². The van der Waals surface area contributed by atoms with Gasteiger partial charge in [-0.25, -0.2) is 0 Å². The fourth-order valence-corrected chi connectivity index (χ4v) is 3.85. The zero-order valence-corrected chi connectivity index (χ0v) is 17.6. The van der Waals surface area contributed by atoms with Gasteiger partial charge in [-0.05, 0) is 25.9 Å². The Morgan fingerprint density at radius 1 is 0.667 bits per heavy atom. The summed E-state index contributed by atoms with van der Waals surface area (Å²) in [4.78, 5) is 13.4. The van der Waals surface area contributed by atoms with Gasteiger partial charge < -0.3 is 29.9 Å². The Bertz CT molecular complexity index is 708. The Labute approximate surface area is 178 Å². The highest BCUT2D eigenvalue weighted by molar-refractivity contribution is 5.49. The van der Waals surface area contributed by atoms with Crippen LogP contribution in [0.25, 0.3) is 0 Å². The molecule has 0 aromatic carbocycles. The van der Waals surface area contributed by atoms with Crippen molar-refractivity contribution in [2.24, 2.45) is 0 Å². The number of pyridine rings is 2. The highest BCUT2D eigenvalue weighted by atomic mass is 16.5. The van der Waals surface area contributed by atoms with Gasteiger partial charge in [-0.15, -0.1) is 0 Å². The van der Waals surface area contributed by atoms with Gasteiger partial charge in [-0.1, -0.05) is 0 Å². The Hall–Kier alpha value is -2.58. The van der Waals surface area contributed by atoms with Gasteiger partial charge in [0.25, 0.3) is 0 Å². The lowest BCUT2D eigenvalue weighted by molar-refractivity contribution is 0.216. The van der Waals surface area contributed by atoms with Crippen LogP contribution >= 0.6 is 0 Å². The van der Waals surface area contributed by atoms with Gasteiger partial charge in [-0.3, -0.25) is 9.97 Å². The molecule has 2 N–H and O–H groups in total. The molecule has 2 aromatic heterocycles. The van der Waals surface area contributed by atoms with Crippen LogP contribution in [0.4, 0.5) is 11.4 Å². The van der Waals surface area contributed by atoms with Crippen LogP contribution in [0.5, 0.6) is 11.5 Å². The average Bonchev–Trinajstić information content (AvgIpc) is 3.23. The molecule has 30 heavy (non-hydrogen) atoms. The highest BCUT2D eigenvalue weighted by Crippen LogP contribution is 2.22. The van der Waals surface area contributed by atoms with Crippen molar-refractivity contribution >= 4 is 11.4 Å². The molecule has 0 saturated carbocycles. The Kier molecular flexibility index (Phi) is 7.57. The molecule has 0 spiro atoms. The standard InChI is InChI=1S/C22H32N6O2/c1-3-23-5-9-27(7-1)19-13-21(17-25-15-19)29-11-12-30-22-14-20(16-26-18-22)28-8-2-4-24-6-10-28/h13-18,23-24H,1-12H2. The Morgan fingerprint density at radius 3 is 1.67 bits per heavy atom. The van der Waals surface area contributed by atoms with Crippen LogP contribution in [0.3, 0.4) is 0 Å². The highest BCUT2D eigenvalue weighted by Gasteiger charge is 2.12. The average molecular weight is 413 g/mol. The predicted molar refractivity (Wildman–Crippen MR) is 119 cm³/mol. The lowest BCUT2D eigenvalue weighted by atomic mass is 10.3. The summed E-state index contributed by atoms with van der Waals surface area (Å²) in [6, 6.07) is 4.13. The molecule has 0 atom stereocenters. The third-order valence-corrected chi connectivity index (χ3v) is 5.43. The van der Waals surface area contributed by atoms with E-state index in [1.807, 2.05) is 12.4 Å². The number of hydrogen-bond donors (Lipinski definition) is 2. The topological polar surface area (TPSA) is 74.8 Å². The number of ether oxygens (including phenoxy) is 2. The third-order valence-electron chi connectivity index (χ3n) is 5.43. The Balaban J connectivity index is 1.26. The first-order valence-electron chi connectivity index (χ1n) is 11.0. The molecule has 0 aliphatic carbocycles. The molecular weight excluding hydrogens is 380 g/mol. The van der Waals surface area contributed by atoms with E-state index in [-0.39, 0.29) is 0 Å². The smallest absolute Gasteiger partial charge is 0.139 e. The maximum atomic E-state index is 5.88. The third kappa shape index (κ3) is 5.96. The van der Waals surface area contributed by atoms with Crippen molar-refractivity contribution < 1.29 is 9.47 Å². The van der Waals surface area contributed by atoms with Gasteiger partial charge in [0.05, 0.1) is 36.2 Å². The van der Waals surface area contributed by atoms with Crippen molar-refractivity contribution in [2.75, 3.05) is 75.4 Å². The maximum absolute atomic E-state index is 5.88.